The van der Waals surface area contributed by atoms with E-state index in [9.17, 15) is 30.7 Å². The van der Waals surface area contributed by atoms with E-state index in [2.05, 4.69) is 10.3 Å². The normalized spacial score (nSPS) is 21.1. The molecule has 43 heavy (non-hydrogen) atoms. The number of rotatable bonds is 4. The topological polar surface area (TPSA) is 185 Å². The standard InChI is InChI=1S/C30H31N3O8S2/c1-13-29(3,4)19-11-17-21(15-7-9-16(10-8-15)28(31)34)18-12-20-23(33-14(2)30(20,5)6)27(43(38,39)40)25(18)41-24(17)26(22(19)32-13)42(35,36)37/h7-14,32H,1-6H3,(H2,31,34)(H,35,36,37)(H,38,39,40). The molecule has 0 saturated carbocycles. The summed E-state index contributed by atoms with van der Waals surface area (Å²) in [4.78, 5) is 15.3. The Morgan fingerprint density at radius 3 is 2.07 bits per heavy atom. The lowest BCUT2D eigenvalue weighted by Gasteiger charge is -2.29. The van der Waals surface area contributed by atoms with Crippen LogP contribution in [0.5, 0.6) is 11.5 Å². The van der Waals surface area contributed by atoms with Crippen LogP contribution in [0, 0.1) is 0 Å². The van der Waals surface area contributed by atoms with Gasteiger partial charge in [-0.3, -0.25) is 18.9 Å². The fourth-order valence-corrected chi connectivity index (χ4v) is 7.78. The van der Waals surface area contributed by atoms with E-state index in [1.54, 1.807) is 24.3 Å². The van der Waals surface area contributed by atoms with Crippen LogP contribution in [0.1, 0.15) is 74.2 Å². The van der Waals surface area contributed by atoms with Crippen LogP contribution >= 0.6 is 0 Å². The molecule has 6 rings (SSSR count). The number of hydrogen-bond acceptors (Lipinski definition) is 8. The van der Waals surface area contributed by atoms with E-state index in [1.165, 1.54) is 12.1 Å². The molecule has 0 aliphatic carbocycles. The molecule has 3 aliphatic rings. The van der Waals surface area contributed by atoms with Crippen LogP contribution in [0.15, 0.2) is 51.2 Å². The maximum absolute atomic E-state index is 13.0. The molecular formula is C30H31N3O8S2. The van der Waals surface area contributed by atoms with Gasteiger partial charge in [0, 0.05) is 38.8 Å². The lowest BCUT2D eigenvalue weighted by molar-refractivity contribution is 0.1000. The number of anilines is 1. The highest BCUT2D eigenvalue weighted by molar-refractivity contribution is 7.86. The number of benzene rings is 3. The van der Waals surface area contributed by atoms with Crippen molar-refractivity contribution in [2.45, 2.75) is 74.2 Å². The van der Waals surface area contributed by atoms with Crippen LogP contribution in [0.3, 0.4) is 0 Å². The first-order valence-corrected chi connectivity index (χ1v) is 16.4. The Balaban J connectivity index is 1.88. The third-order valence-electron chi connectivity index (χ3n) is 9.36. The molecule has 3 aliphatic heterocycles. The molecule has 13 heteroatoms. The summed E-state index contributed by atoms with van der Waals surface area (Å²) in [5.41, 5.74) is 6.90. The highest BCUT2D eigenvalue weighted by Crippen LogP contribution is 2.52. The van der Waals surface area contributed by atoms with Crippen LogP contribution in [0.4, 0.5) is 5.69 Å². The van der Waals surface area contributed by atoms with E-state index in [0.717, 1.165) is 0 Å². The minimum Gasteiger partial charge on any atom is -0.453 e. The van der Waals surface area contributed by atoms with E-state index >= 15 is 0 Å². The minimum atomic E-state index is -4.98. The minimum absolute atomic E-state index is 0.0214. The number of carbonyl (C=O) groups is 1. The van der Waals surface area contributed by atoms with Crippen LogP contribution in [0.25, 0.3) is 5.57 Å². The van der Waals surface area contributed by atoms with Gasteiger partial charge in [-0.15, -0.1) is 0 Å². The Morgan fingerprint density at radius 2 is 1.51 bits per heavy atom. The molecule has 3 aromatic rings. The van der Waals surface area contributed by atoms with Gasteiger partial charge in [0.15, 0.2) is 21.3 Å². The van der Waals surface area contributed by atoms with Crippen LogP contribution in [-0.4, -0.2) is 43.9 Å². The van der Waals surface area contributed by atoms with Gasteiger partial charge in [0.1, 0.15) is 0 Å². The summed E-state index contributed by atoms with van der Waals surface area (Å²) >= 11 is 0. The molecule has 2 atom stereocenters. The first kappa shape index (κ1) is 29.3. The Hall–Kier alpha value is -3.78. The number of fused-ring (bicyclic) bond motifs is 4. The number of nitrogens with two attached hydrogens (primary N) is 1. The van der Waals surface area contributed by atoms with Crippen LogP contribution < -0.4 is 26.4 Å². The average Bonchev–Trinajstić information content (AvgIpc) is 3.24. The van der Waals surface area contributed by atoms with Crippen molar-refractivity contribution in [3.8, 4) is 11.5 Å². The SMILES string of the molecule is CC1N=c2c(cc3c(c2S(=O)(=O)O)Oc2c(cc4c(c2S(=O)(=O)O)NC(C)C4(C)C)C=3c2ccc(C(N)=O)cc2)C1(C)C. The Bertz CT molecular complexity index is 2140. The second-order valence-corrected chi connectivity index (χ2v) is 15.2. The lowest BCUT2D eigenvalue weighted by atomic mass is 9.78. The molecule has 2 unspecified atom stereocenters. The predicted octanol–water partition coefficient (Wildman–Crippen LogP) is 3.02. The molecular weight excluding hydrogens is 594 g/mol. The molecule has 3 heterocycles. The van der Waals surface area contributed by atoms with Crippen molar-refractivity contribution in [3.63, 3.8) is 0 Å². The summed E-state index contributed by atoms with van der Waals surface area (Å²) in [5.74, 6) is -1.29. The quantitative estimate of drug-likeness (QED) is 0.247. The van der Waals surface area contributed by atoms with Crippen molar-refractivity contribution in [1.82, 2.24) is 0 Å². The summed E-state index contributed by atoms with van der Waals surface area (Å²) in [7, 11) is -9.93. The number of amides is 1. The molecule has 0 spiro atoms. The number of primary amides is 1. The van der Waals surface area contributed by atoms with E-state index < -0.39 is 46.8 Å². The Kier molecular flexibility index (Phi) is 6.05. The van der Waals surface area contributed by atoms with Gasteiger partial charge in [-0.2, -0.15) is 16.8 Å². The van der Waals surface area contributed by atoms with Crippen LogP contribution in [0.2, 0.25) is 0 Å². The zero-order valence-corrected chi connectivity index (χ0v) is 25.9. The summed E-state index contributed by atoms with van der Waals surface area (Å²) < 4.78 is 79.4. The van der Waals surface area contributed by atoms with E-state index in [-0.39, 0.29) is 51.0 Å². The maximum Gasteiger partial charge on any atom is 0.300 e. The van der Waals surface area contributed by atoms with Gasteiger partial charge in [-0.25, -0.2) is 0 Å². The van der Waals surface area contributed by atoms with Crippen molar-refractivity contribution in [3.05, 3.63) is 74.8 Å². The fourth-order valence-electron chi connectivity index (χ4n) is 6.17. The second-order valence-electron chi connectivity index (χ2n) is 12.5. The number of hydrogen-bond donors (Lipinski definition) is 4. The van der Waals surface area contributed by atoms with Gasteiger partial charge in [-0.05, 0) is 54.8 Å². The number of nitrogens with one attached hydrogen (secondary N) is 1. The molecule has 5 N–H and O–H groups in total. The molecule has 0 radical (unpaired) electrons. The lowest BCUT2D eigenvalue weighted by Crippen LogP contribution is -2.33. The van der Waals surface area contributed by atoms with Crippen molar-refractivity contribution >= 4 is 37.4 Å². The van der Waals surface area contributed by atoms with Gasteiger partial charge in [0.2, 0.25) is 5.91 Å². The van der Waals surface area contributed by atoms with Crippen molar-refractivity contribution in [2.75, 3.05) is 5.32 Å². The monoisotopic (exact) mass is 625 g/mol. The third-order valence-corrected chi connectivity index (χ3v) is 11.2. The van der Waals surface area contributed by atoms with Gasteiger partial charge in [0.05, 0.1) is 17.1 Å². The zero-order chi connectivity index (χ0) is 31.6. The van der Waals surface area contributed by atoms with E-state index in [1.807, 2.05) is 41.5 Å². The average molecular weight is 626 g/mol. The second kappa shape index (κ2) is 8.88. The summed E-state index contributed by atoms with van der Waals surface area (Å²) in [5, 5.41) is 3.43. The first-order chi connectivity index (χ1) is 19.8. The van der Waals surface area contributed by atoms with Gasteiger partial charge < -0.3 is 15.8 Å². The number of nitrogens with zero attached hydrogens (tertiary/aromatic N) is 1. The number of ether oxygens (including phenoxy) is 1. The molecule has 0 saturated heterocycles. The molecule has 226 valence electrons. The zero-order valence-electron chi connectivity index (χ0n) is 24.3. The predicted molar refractivity (Wildman–Crippen MR) is 159 cm³/mol. The molecule has 0 fully saturated rings. The van der Waals surface area contributed by atoms with E-state index in [0.29, 0.717) is 22.3 Å². The molecule has 0 aromatic heterocycles. The first-order valence-electron chi connectivity index (χ1n) is 13.6. The Morgan fingerprint density at radius 1 is 0.907 bits per heavy atom. The van der Waals surface area contributed by atoms with Crippen LogP contribution in [-0.2, 0) is 31.1 Å². The fraction of sp³-hybridized carbons (Fsp3) is 0.333. The van der Waals surface area contributed by atoms with Crippen molar-refractivity contribution in [2.24, 2.45) is 10.7 Å². The van der Waals surface area contributed by atoms with E-state index in [4.69, 9.17) is 10.5 Å². The Labute approximate surface area is 249 Å². The van der Waals surface area contributed by atoms with Gasteiger partial charge >= 0.3 is 0 Å². The van der Waals surface area contributed by atoms with Crippen molar-refractivity contribution in [1.29, 1.82) is 0 Å². The molecule has 3 aromatic carbocycles. The largest absolute Gasteiger partial charge is 0.453 e. The highest BCUT2D eigenvalue weighted by Gasteiger charge is 2.45. The molecule has 1 amide bonds. The van der Waals surface area contributed by atoms with Gasteiger partial charge in [-0.1, -0.05) is 39.8 Å². The van der Waals surface area contributed by atoms with Gasteiger partial charge in [0.25, 0.3) is 20.2 Å². The smallest absolute Gasteiger partial charge is 0.300 e. The number of carbonyl (C=O) groups excluding carboxylic acids is 1. The molecule has 11 nitrogen and oxygen atoms in total. The highest BCUT2D eigenvalue weighted by atomic mass is 32.2. The maximum atomic E-state index is 13.0. The summed E-state index contributed by atoms with van der Waals surface area (Å²) in [6.45, 7) is 11.4. The molecule has 0 bridgehead atoms. The summed E-state index contributed by atoms with van der Waals surface area (Å²) in [6, 6.07) is 9.14. The summed E-state index contributed by atoms with van der Waals surface area (Å²) in [6.07, 6.45) is 0. The van der Waals surface area contributed by atoms with Crippen molar-refractivity contribution < 1.29 is 35.5 Å². The third kappa shape index (κ3) is 4.13.